The number of piperidine rings is 1. The lowest BCUT2D eigenvalue weighted by molar-refractivity contribution is -0.189. The van der Waals surface area contributed by atoms with Crippen LogP contribution in [0.3, 0.4) is 0 Å². The Morgan fingerprint density at radius 1 is 1.10 bits per heavy atom. The van der Waals surface area contributed by atoms with Crippen LogP contribution in [0.15, 0.2) is 42.7 Å². The second-order valence-corrected chi connectivity index (χ2v) is 10.9. The van der Waals surface area contributed by atoms with Crippen LogP contribution >= 0.6 is 0 Å². The number of methoxy groups -OCH3 is 1. The van der Waals surface area contributed by atoms with Crippen molar-refractivity contribution in [2.45, 2.75) is 83.1 Å². The highest BCUT2D eigenvalue weighted by molar-refractivity contribution is 5.82. The van der Waals surface area contributed by atoms with E-state index >= 15 is 0 Å². The maximum absolute atomic E-state index is 13.9. The number of anilines is 1. The molecule has 13 heteroatoms. The fraction of sp³-hybridized carbons (Fsp3) is 0.586. The van der Waals surface area contributed by atoms with E-state index in [1.807, 2.05) is 4.90 Å². The number of aromatic nitrogens is 2. The van der Waals surface area contributed by atoms with E-state index in [2.05, 4.69) is 9.97 Å². The monoisotopic (exact) mass is 593 g/mol. The van der Waals surface area contributed by atoms with Gasteiger partial charge in [-0.05, 0) is 63.8 Å². The van der Waals surface area contributed by atoms with Gasteiger partial charge in [-0.3, -0.25) is 9.69 Å². The molecule has 4 rings (SSSR count). The molecular weight excluding hydrogens is 555 g/mol. The zero-order valence-electron chi connectivity index (χ0n) is 24.3. The molecule has 10 nitrogen and oxygen atoms in total. The van der Waals surface area contributed by atoms with Crippen LogP contribution in [0.2, 0.25) is 0 Å². The second kappa shape index (κ2) is 13.6. The van der Waals surface area contributed by atoms with E-state index in [9.17, 15) is 22.8 Å². The van der Waals surface area contributed by atoms with Crippen molar-refractivity contribution in [2.75, 3.05) is 31.7 Å². The number of ether oxygens (including phenoxy) is 3. The summed E-state index contributed by atoms with van der Waals surface area (Å²) in [5, 5.41) is 0. The van der Waals surface area contributed by atoms with Crippen molar-refractivity contribution >= 4 is 17.9 Å². The fourth-order valence-electron chi connectivity index (χ4n) is 5.58. The molecule has 3 heterocycles. The molecule has 3 atom stereocenters. The first-order valence-electron chi connectivity index (χ1n) is 14.1. The second-order valence-electron chi connectivity index (χ2n) is 10.9. The first-order chi connectivity index (χ1) is 20.0. The van der Waals surface area contributed by atoms with E-state index in [4.69, 9.17) is 14.2 Å². The zero-order chi connectivity index (χ0) is 30.4. The Bertz CT molecular complexity index is 1180. The minimum absolute atomic E-state index is 0.0427. The fourth-order valence-corrected chi connectivity index (χ4v) is 5.58. The summed E-state index contributed by atoms with van der Waals surface area (Å²) in [5.74, 6) is -0.792. The van der Waals surface area contributed by atoms with Crippen LogP contribution in [0.4, 0.5) is 23.9 Å². The average Bonchev–Trinajstić information content (AvgIpc) is 3.30. The van der Waals surface area contributed by atoms with Crippen LogP contribution < -0.4 is 9.64 Å². The number of alkyl halides is 3. The third-order valence-corrected chi connectivity index (χ3v) is 7.60. The van der Waals surface area contributed by atoms with Gasteiger partial charge in [0, 0.05) is 38.1 Å². The Balaban J connectivity index is 1.55. The molecule has 2 aromatic rings. The molecule has 0 N–H and O–H groups in total. The number of halogens is 3. The number of amides is 2. The lowest BCUT2D eigenvalue weighted by Gasteiger charge is -2.37. The van der Waals surface area contributed by atoms with Gasteiger partial charge in [0.15, 0.2) is 0 Å². The summed E-state index contributed by atoms with van der Waals surface area (Å²) < 4.78 is 58.6. The Morgan fingerprint density at radius 2 is 1.74 bits per heavy atom. The molecular formula is C29H38F3N5O5. The zero-order valence-corrected chi connectivity index (χ0v) is 24.3. The third kappa shape index (κ3) is 7.61. The summed E-state index contributed by atoms with van der Waals surface area (Å²) >= 11 is 0. The lowest BCUT2D eigenvalue weighted by Crippen LogP contribution is -2.54. The maximum atomic E-state index is 13.9. The molecule has 1 aromatic carbocycles. The number of rotatable bonds is 9. The standard InChI is InChI=1S/C29H38F3N5O5/c1-19(2)42-28(39)37-20(3)16-24(36(26(38)29(30,31)32)17-21-6-8-22(40-4)9-7-21)25(37)18-41-23-10-14-35(15-11-23)27-33-12-5-13-34-27/h5-9,12-13,19-20,23-25H,10-11,14-18H2,1-4H3/t20-,24+,25+/m1/s1. The summed E-state index contributed by atoms with van der Waals surface area (Å²) in [6.07, 6.45) is -1.55. The van der Waals surface area contributed by atoms with Gasteiger partial charge in [-0.2, -0.15) is 13.2 Å². The van der Waals surface area contributed by atoms with Gasteiger partial charge in [0.25, 0.3) is 0 Å². The summed E-state index contributed by atoms with van der Waals surface area (Å²) in [7, 11) is 1.49. The number of nitrogens with zero attached hydrogens (tertiary/aromatic N) is 5. The Labute approximate surface area is 243 Å². The summed E-state index contributed by atoms with van der Waals surface area (Å²) in [5.41, 5.74) is 0.499. The summed E-state index contributed by atoms with van der Waals surface area (Å²) in [4.78, 5) is 38.9. The van der Waals surface area contributed by atoms with Gasteiger partial charge in [-0.15, -0.1) is 0 Å². The topological polar surface area (TPSA) is 97.3 Å². The summed E-state index contributed by atoms with van der Waals surface area (Å²) in [6, 6.07) is 5.97. The highest BCUT2D eigenvalue weighted by atomic mass is 19.4. The van der Waals surface area contributed by atoms with Crippen molar-refractivity contribution in [2.24, 2.45) is 0 Å². The normalized spacial score (nSPS) is 21.5. The number of carbonyl (C=O) groups excluding carboxylic acids is 2. The van der Waals surface area contributed by atoms with Crippen molar-refractivity contribution in [1.82, 2.24) is 19.8 Å². The van der Waals surface area contributed by atoms with Gasteiger partial charge in [0.1, 0.15) is 5.75 Å². The quantitative estimate of drug-likeness (QED) is 0.421. The van der Waals surface area contributed by atoms with Crippen molar-refractivity contribution < 1.29 is 37.0 Å². The van der Waals surface area contributed by atoms with Crippen LogP contribution in [0.1, 0.15) is 45.6 Å². The van der Waals surface area contributed by atoms with Crippen LogP contribution in [0.25, 0.3) is 0 Å². The molecule has 2 saturated heterocycles. The number of carbonyl (C=O) groups is 2. The molecule has 2 fully saturated rings. The SMILES string of the molecule is COc1ccc(CN(C(=O)C(F)(F)F)[C@H]2C[C@@H](C)N(C(=O)OC(C)C)[C@H]2COC2CCN(c3ncccn3)CC2)cc1. The Hall–Kier alpha value is -3.61. The van der Waals surface area contributed by atoms with Crippen LogP contribution in [-0.4, -0.2) is 95.1 Å². The first-order valence-corrected chi connectivity index (χ1v) is 14.1. The predicted molar refractivity (Wildman–Crippen MR) is 148 cm³/mol. The maximum Gasteiger partial charge on any atom is 0.471 e. The van der Waals surface area contributed by atoms with E-state index in [1.165, 1.54) is 12.0 Å². The number of hydrogen-bond acceptors (Lipinski definition) is 8. The minimum Gasteiger partial charge on any atom is -0.497 e. The van der Waals surface area contributed by atoms with Crippen molar-refractivity contribution in [1.29, 1.82) is 0 Å². The molecule has 0 bridgehead atoms. The van der Waals surface area contributed by atoms with Gasteiger partial charge in [-0.25, -0.2) is 14.8 Å². The van der Waals surface area contributed by atoms with Gasteiger partial charge in [0.2, 0.25) is 5.95 Å². The molecule has 2 amide bonds. The Morgan fingerprint density at radius 3 is 2.31 bits per heavy atom. The molecule has 0 radical (unpaired) electrons. The number of hydrogen-bond donors (Lipinski definition) is 0. The highest BCUT2D eigenvalue weighted by Gasteiger charge is 2.52. The molecule has 0 unspecified atom stereocenters. The average molecular weight is 594 g/mol. The molecule has 2 aliphatic heterocycles. The molecule has 0 spiro atoms. The highest BCUT2D eigenvalue weighted by Crippen LogP contribution is 2.34. The predicted octanol–water partition coefficient (Wildman–Crippen LogP) is 4.44. The lowest BCUT2D eigenvalue weighted by atomic mass is 10.0. The van der Waals surface area contributed by atoms with Gasteiger partial charge in [-0.1, -0.05) is 12.1 Å². The van der Waals surface area contributed by atoms with E-state index < -0.39 is 42.4 Å². The van der Waals surface area contributed by atoms with Crippen molar-refractivity contribution in [3.8, 4) is 5.75 Å². The molecule has 42 heavy (non-hydrogen) atoms. The molecule has 0 saturated carbocycles. The molecule has 2 aliphatic rings. The van der Waals surface area contributed by atoms with Gasteiger partial charge in [0.05, 0.1) is 38.0 Å². The Kier molecular flexibility index (Phi) is 10.1. The number of benzene rings is 1. The largest absolute Gasteiger partial charge is 0.497 e. The molecule has 1 aromatic heterocycles. The van der Waals surface area contributed by atoms with E-state index in [1.54, 1.807) is 63.5 Å². The van der Waals surface area contributed by atoms with Gasteiger partial charge >= 0.3 is 18.2 Å². The van der Waals surface area contributed by atoms with Crippen LogP contribution in [0.5, 0.6) is 5.75 Å². The smallest absolute Gasteiger partial charge is 0.471 e. The number of likely N-dealkylation sites (tertiary alicyclic amines) is 1. The molecule has 230 valence electrons. The van der Waals surface area contributed by atoms with Crippen LogP contribution in [-0.2, 0) is 20.8 Å². The van der Waals surface area contributed by atoms with Crippen molar-refractivity contribution in [3.05, 3.63) is 48.3 Å². The third-order valence-electron chi connectivity index (χ3n) is 7.60. The molecule has 0 aliphatic carbocycles. The minimum atomic E-state index is -5.10. The van der Waals surface area contributed by atoms with Crippen LogP contribution in [0, 0.1) is 0 Å². The van der Waals surface area contributed by atoms with Gasteiger partial charge < -0.3 is 24.0 Å². The summed E-state index contributed by atoms with van der Waals surface area (Å²) in [6.45, 7) is 6.11. The van der Waals surface area contributed by atoms with Crippen molar-refractivity contribution in [3.63, 3.8) is 0 Å². The van der Waals surface area contributed by atoms with E-state index in [0.29, 0.717) is 43.2 Å². The van der Waals surface area contributed by atoms with E-state index in [0.717, 1.165) is 4.90 Å². The first kappa shape index (κ1) is 31.3. The van der Waals surface area contributed by atoms with E-state index in [-0.39, 0.29) is 25.7 Å².